The summed E-state index contributed by atoms with van der Waals surface area (Å²) in [4.78, 5) is 14.5. The molecular weight excluding hydrogens is 384 g/mol. The summed E-state index contributed by atoms with van der Waals surface area (Å²) in [5.41, 5.74) is 3.21. The summed E-state index contributed by atoms with van der Waals surface area (Å²) >= 11 is 0. The Kier molecular flexibility index (Phi) is 6.86. The Morgan fingerprint density at radius 2 is 1.72 bits per heavy atom. The fourth-order valence-electron chi connectivity index (χ4n) is 4.66. The molecule has 1 spiro atoms. The quantitative estimate of drug-likeness (QED) is 0.793. The molecule has 5 heteroatoms. The second-order valence-corrected chi connectivity index (χ2v) is 7.93. The molecule has 2 heterocycles. The third kappa shape index (κ3) is 4.29. The van der Waals surface area contributed by atoms with E-state index in [4.69, 9.17) is 4.74 Å². The number of hydrogen-bond acceptors (Lipinski definition) is 3. The van der Waals surface area contributed by atoms with E-state index in [-0.39, 0.29) is 23.9 Å². The van der Waals surface area contributed by atoms with Gasteiger partial charge in [0.1, 0.15) is 11.4 Å². The normalized spacial score (nSPS) is 19.6. The summed E-state index contributed by atoms with van der Waals surface area (Å²) in [6, 6.07) is 16.7. The lowest BCUT2D eigenvalue weighted by Gasteiger charge is -2.45. The summed E-state index contributed by atoms with van der Waals surface area (Å²) in [5.74, 6) is 1.43. The number of amides is 1. The molecule has 0 radical (unpaired) electrons. The number of rotatable bonds is 4. The molecule has 2 aromatic carbocycles. The number of para-hydroxylation sites is 1. The summed E-state index contributed by atoms with van der Waals surface area (Å²) in [6.45, 7) is 7.53. The number of hydrogen-bond donors (Lipinski definition) is 1. The van der Waals surface area contributed by atoms with E-state index in [1.165, 1.54) is 11.1 Å². The van der Waals surface area contributed by atoms with Gasteiger partial charge in [-0.1, -0.05) is 30.3 Å². The van der Waals surface area contributed by atoms with Crippen LogP contribution in [0.15, 0.2) is 48.5 Å². The van der Waals surface area contributed by atoms with Crippen molar-refractivity contribution in [2.45, 2.75) is 44.6 Å². The van der Waals surface area contributed by atoms with Crippen LogP contribution in [0.5, 0.6) is 5.75 Å². The van der Waals surface area contributed by atoms with Gasteiger partial charge in [0, 0.05) is 30.1 Å². The van der Waals surface area contributed by atoms with Crippen LogP contribution in [-0.2, 0) is 0 Å². The minimum atomic E-state index is -0.0834. The van der Waals surface area contributed by atoms with Gasteiger partial charge < -0.3 is 15.0 Å². The Morgan fingerprint density at radius 3 is 2.38 bits per heavy atom. The smallest absolute Gasteiger partial charge is 0.253 e. The molecule has 2 aromatic rings. The maximum atomic E-state index is 12.6. The number of halogens is 1. The third-order valence-electron chi connectivity index (χ3n) is 6.32. The van der Waals surface area contributed by atoms with E-state index >= 15 is 0 Å². The van der Waals surface area contributed by atoms with Gasteiger partial charge in [-0.15, -0.1) is 12.4 Å². The van der Waals surface area contributed by atoms with Crippen molar-refractivity contribution in [3.05, 3.63) is 65.2 Å². The van der Waals surface area contributed by atoms with E-state index in [0.717, 1.165) is 56.8 Å². The molecule has 0 aromatic heterocycles. The zero-order valence-electron chi connectivity index (χ0n) is 17.3. The highest BCUT2D eigenvalue weighted by Gasteiger charge is 2.42. The molecule has 2 aliphatic rings. The van der Waals surface area contributed by atoms with Crippen LogP contribution in [0.2, 0.25) is 0 Å². The molecule has 0 bridgehead atoms. The summed E-state index contributed by atoms with van der Waals surface area (Å²) in [7, 11) is 0. The van der Waals surface area contributed by atoms with Crippen LogP contribution in [0.1, 0.15) is 60.5 Å². The van der Waals surface area contributed by atoms with E-state index in [2.05, 4.69) is 41.7 Å². The summed E-state index contributed by atoms with van der Waals surface area (Å²) < 4.78 is 6.53. The average Bonchev–Trinajstić information content (AvgIpc) is 2.74. The first-order chi connectivity index (χ1) is 13.7. The van der Waals surface area contributed by atoms with Gasteiger partial charge in [-0.3, -0.25) is 4.79 Å². The Bertz CT molecular complexity index is 827. The van der Waals surface area contributed by atoms with Crippen molar-refractivity contribution in [1.82, 2.24) is 10.2 Å². The molecule has 1 atom stereocenters. The molecule has 4 rings (SSSR count). The molecule has 0 saturated carbocycles. The number of fused-ring (bicyclic) bond motifs is 1. The van der Waals surface area contributed by atoms with Crippen LogP contribution in [0.3, 0.4) is 0 Å². The molecule has 1 fully saturated rings. The van der Waals surface area contributed by atoms with Gasteiger partial charge in [-0.05, 0) is 70.0 Å². The standard InChI is InChI=1S/C24H30N2O2.ClH/c1-3-26(4-2)23(27)19-11-9-18(10-12-19)21-17-24(13-15-25-16-14-24)28-22-8-6-5-7-20(21)22;/h5-12,21,25H,3-4,13-17H2,1-2H3;1H. The molecule has 2 aliphatic heterocycles. The van der Waals surface area contributed by atoms with E-state index in [0.29, 0.717) is 5.92 Å². The van der Waals surface area contributed by atoms with Crippen LogP contribution < -0.4 is 10.1 Å². The van der Waals surface area contributed by atoms with Crippen molar-refractivity contribution < 1.29 is 9.53 Å². The molecule has 1 saturated heterocycles. The molecule has 1 N–H and O–H groups in total. The molecule has 156 valence electrons. The lowest BCUT2D eigenvalue weighted by atomic mass is 9.75. The topological polar surface area (TPSA) is 41.6 Å². The molecule has 4 nitrogen and oxygen atoms in total. The van der Waals surface area contributed by atoms with Crippen LogP contribution in [0.4, 0.5) is 0 Å². The van der Waals surface area contributed by atoms with Crippen molar-refractivity contribution in [3.8, 4) is 5.75 Å². The SMILES string of the molecule is CCN(CC)C(=O)c1ccc(C2CC3(CCNCC3)Oc3ccccc32)cc1.Cl. The monoisotopic (exact) mass is 414 g/mol. The van der Waals surface area contributed by atoms with Gasteiger partial charge in [-0.2, -0.15) is 0 Å². The molecule has 1 unspecified atom stereocenters. The number of nitrogens with one attached hydrogen (secondary N) is 1. The molecule has 29 heavy (non-hydrogen) atoms. The largest absolute Gasteiger partial charge is 0.487 e. The van der Waals surface area contributed by atoms with Crippen LogP contribution in [-0.4, -0.2) is 42.6 Å². The van der Waals surface area contributed by atoms with E-state index in [1.54, 1.807) is 0 Å². The Labute approximate surface area is 180 Å². The predicted octanol–water partition coefficient (Wildman–Crippen LogP) is 4.63. The highest BCUT2D eigenvalue weighted by atomic mass is 35.5. The maximum Gasteiger partial charge on any atom is 0.253 e. The van der Waals surface area contributed by atoms with Crippen molar-refractivity contribution in [3.63, 3.8) is 0 Å². The lowest BCUT2D eigenvalue weighted by molar-refractivity contribution is 0.0114. The number of carbonyl (C=O) groups excluding carboxylic acids is 1. The number of benzene rings is 2. The van der Waals surface area contributed by atoms with Crippen molar-refractivity contribution >= 4 is 18.3 Å². The first-order valence-electron chi connectivity index (χ1n) is 10.5. The van der Waals surface area contributed by atoms with Gasteiger partial charge in [0.15, 0.2) is 0 Å². The zero-order chi connectivity index (χ0) is 19.6. The maximum absolute atomic E-state index is 12.6. The van der Waals surface area contributed by atoms with Crippen LogP contribution in [0.25, 0.3) is 0 Å². The van der Waals surface area contributed by atoms with Gasteiger partial charge in [0.05, 0.1) is 0 Å². The predicted molar refractivity (Wildman–Crippen MR) is 119 cm³/mol. The minimum Gasteiger partial charge on any atom is -0.487 e. The van der Waals surface area contributed by atoms with Crippen molar-refractivity contribution in [1.29, 1.82) is 0 Å². The van der Waals surface area contributed by atoms with E-state index in [9.17, 15) is 4.79 Å². The van der Waals surface area contributed by atoms with Gasteiger partial charge in [-0.25, -0.2) is 0 Å². The lowest BCUT2D eigenvalue weighted by Crippen LogP contribution is -2.49. The van der Waals surface area contributed by atoms with Gasteiger partial charge in [0.2, 0.25) is 0 Å². The first kappa shape index (κ1) is 21.7. The van der Waals surface area contributed by atoms with E-state index < -0.39 is 0 Å². The van der Waals surface area contributed by atoms with E-state index in [1.807, 2.05) is 30.9 Å². The number of carbonyl (C=O) groups is 1. The summed E-state index contributed by atoms with van der Waals surface area (Å²) in [6.07, 6.45) is 3.07. The number of ether oxygens (including phenoxy) is 1. The fourth-order valence-corrected chi connectivity index (χ4v) is 4.66. The van der Waals surface area contributed by atoms with Gasteiger partial charge >= 0.3 is 0 Å². The second kappa shape index (κ2) is 9.19. The minimum absolute atomic E-state index is 0. The van der Waals surface area contributed by atoms with Crippen LogP contribution in [0, 0.1) is 0 Å². The van der Waals surface area contributed by atoms with Gasteiger partial charge in [0.25, 0.3) is 5.91 Å². The third-order valence-corrected chi connectivity index (χ3v) is 6.32. The first-order valence-corrected chi connectivity index (χ1v) is 10.5. The second-order valence-electron chi connectivity index (χ2n) is 7.93. The highest BCUT2D eigenvalue weighted by molar-refractivity contribution is 5.94. The van der Waals surface area contributed by atoms with Crippen molar-refractivity contribution in [2.24, 2.45) is 0 Å². The Hall–Kier alpha value is -2.04. The Balaban J connectivity index is 0.00000240. The van der Waals surface area contributed by atoms with Crippen LogP contribution >= 0.6 is 12.4 Å². The molecule has 0 aliphatic carbocycles. The zero-order valence-corrected chi connectivity index (χ0v) is 18.1. The van der Waals surface area contributed by atoms with Crippen molar-refractivity contribution in [2.75, 3.05) is 26.2 Å². The summed E-state index contributed by atoms with van der Waals surface area (Å²) in [5, 5.41) is 3.45. The number of nitrogens with zero attached hydrogens (tertiary/aromatic N) is 1. The average molecular weight is 415 g/mol. The highest BCUT2D eigenvalue weighted by Crippen LogP contribution is 2.47. The Morgan fingerprint density at radius 1 is 1.07 bits per heavy atom. The molecule has 1 amide bonds. The fraction of sp³-hybridized carbons (Fsp3) is 0.458. The number of piperidine rings is 1. The molecular formula is C24H31ClN2O2.